The minimum absolute atomic E-state index is 0.0646. The lowest BCUT2D eigenvalue weighted by molar-refractivity contribution is -0.00647. The molecule has 3 heterocycles. The minimum atomic E-state index is -0.383. The number of fused-ring (bicyclic) bond motifs is 1. The summed E-state index contributed by atoms with van der Waals surface area (Å²) in [6, 6.07) is 9.31. The highest BCUT2D eigenvalue weighted by molar-refractivity contribution is 8.00. The molecule has 1 saturated heterocycles. The zero-order chi connectivity index (χ0) is 17.4. The molecule has 1 N–H and O–H groups in total. The number of thioether (sulfide) groups is 1. The van der Waals surface area contributed by atoms with Crippen LogP contribution < -0.4 is 10.4 Å². The standard InChI is InChI=1S/C17H17N3O4S/c1-23-12-4-2-11(3-5-12)13-8-20-14(18-13)6-7-19(17(20)22)15-10-25-16(9-21)24-15/h2-8,15-16,21H,9-10H2,1H3. The number of rotatable bonds is 4. The Morgan fingerprint density at radius 3 is 2.84 bits per heavy atom. The van der Waals surface area contributed by atoms with Crippen molar-refractivity contribution in [2.24, 2.45) is 0 Å². The highest BCUT2D eigenvalue weighted by Gasteiger charge is 2.27. The van der Waals surface area contributed by atoms with Crippen molar-refractivity contribution in [1.29, 1.82) is 0 Å². The summed E-state index contributed by atoms with van der Waals surface area (Å²) in [5, 5.41) is 9.18. The second-order valence-electron chi connectivity index (χ2n) is 5.62. The Hall–Kier alpha value is -2.29. The van der Waals surface area contributed by atoms with Crippen molar-refractivity contribution < 1.29 is 14.6 Å². The van der Waals surface area contributed by atoms with Gasteiger partial charge in [-0.2, -0.15) is 0 Å². The number of nitrogens with zero attached hydrogens (tertiary/aromatic N) is 3. The van der Waals surface area contributed by atoms with Gasteiger partial charge in [0.25, 0.3) is 0 Å². The molecule has 2 atom stereocenters. The van der Waals surface area contributed by atoms with Crippen molar-refractivity contribution in [3.05, 3.63) is 53.2 Å². The molecule has 4 rings (SSSR count). The summed E-state index contributed by atoms with van der Waals surface area (Å²) >= 11 is 1.50. The number of aliphatic hydroxyl groups is 1. The smallest absolute Gasteiger partial charge is 0.336 e. The number of methoxy groups -OCH3 is 1. The van der Waals surface area contributed by atoms with Crippen molar-refractivity contribution in [2.45, 2.75) is 11.7 Å². The molecule has 0 spiro atoms. The molecule has 2 aromatic heterocycles. The summed E-state index contributed by atoms with van der Waals surface area (Å²) in [6.45, 7) is -0.0646. The molecule has 2 unspecified atom stereocenters. The van der Waals surface area contributed by atoms with Crippen LogP contribution in [0.1, 0.15) is 6.23 Å². The van der Waals surface area contributed by atoms with Crippen LogP contribution in [0.25, 0.3) is 16.9 Å². The predicted octanol–water partition coefficient (Wildman–Crippen LogP) is 1.75. The van der Waals surface area contributed by atoms with Crippen molar-refractivity contribution in [1.82, 2.24) is 14.0 Å². The number of benzene rings is 1. The van der Waals surface area contributed by atoms with E-state index in [0.717, 1.165) is 11.3 Å². The highest BCUT2D eigenvalue weighted by atomic mass is 32.2. The lowest BCUT2D eigenvalue weighted by atomic mass is 10.2. The van der Waals surface area contributed by atoms with Crippen molar-refractivity contribution in [3.8, 4) is 17.0 Å². The van der Waals surface area contributed by atoms with E-state index in [9.17, 15) is 9.90 Å². The van der Waals surface area contributed by atoms with E-state index in [2.05, 4.69) is 4.98 Å². The molecule has 1 aliphatic heterocycles. The molecule has 1 aromatic carbocycles. The van der Waals surface area contributed by atoms with Gasteiger partial charge in [0.05, 0.1) is 19.4 Å². The molecule has 0 radical (unpaired) electrons. The Kier molecular flexibility index (Phi) is 4.24. The maximum atomic E-state index is 12.8. The first kappa shape index (κ1) is 16.2. The quantitative estimate of drug-likeness (QED) is 0.765. The molecular weight excluding hydrogens is 342 g/mol. The maximum Gasteiger partial charge on any atom is 0.336 e. The number of aromatic nitrogens is 3. The number of aliphatic hydroxyl groups excluding tert-OH is 1. The summed E-state index contributed by atoms with van der Waals surface area (Å²) in [7, 11) is 1.62. The fraction of sp³-hybridized carbons (Fsp3) is 0.294. The van der Waals surface area contributed by atoms with Crippen LogP contribution in [0, 0.1) is 0 Å². The Bertz CT molecular complexity index is 951. The van der Waals surface area contributed by atoms with E-state index < -0.39 is 0 Å². The molecule has 3 aromatic rings. The SMILES string of the molecule is COc1ccc(-c2cn3c(=O)n(C4CSC(CO)O4)ccc3n2)cc1. The van der Waals surface area contributed by atoms with Gasteiger partial charge in [-0.1, -0.05) is 0 Å². The van der Waals surface area contributed by atoms with Crippen molar-refractivity contribution >= 4 is 17.4 Å². The van der Waals surface area contributed by atoms with Crippen LogP contribution in [0.15, 0.2) is 47.5 Å². The first-order chi connectivity index (χ1) is 12.2. The molecule has 1 aliphatic rings. The first-order valence-corrected chi connectivity index (χ1v) is 8.87. The third kappa shape index (κ3) is 2.92. The number of hydrogen-bond donors (Lipinski definition) is 1. The van der Waals surface area contributed by atoms with E-state index in [-0.39, 0.29) is 24.0 Å². The largest absolute Gasteiger partial charge is 0.497 e. The second-order valence-corrected chi connectivity index (χ2v) is 6.82. The van der Waals surface area contributed by atoms with Crippen molar-refractivity contribution in [2.75, 3.05) is 19.5 Å². The average Bonchev–Trinajstić information content (AvgIpc) is 3.29. The Morgan fingerprint density at radius 2 is 2.16 bits per heavy atom. The topological polar surface area (TPSA) is 78.0 Å². The third-order valence-corrected chi connectivity index (χ3v) is 5.23. The van der Waals surface area contributed by atoms with Gasteiger partial charge in [0.2, 0.25) is 0 Å². The molecular formula is C17H17N3O4S. The van der Waals surface area contributed by atoms with Gasteiger partial charge in [-0.3, -0.25) is 8.97 Å². The van der Waals surface area contributed by atoms with Crippen molar-refractivity contribution in [3.63, 3.8) is 0 Å². The number of hydrogen-bond acceptors (Lipinski definition) is 6. The summed E-state index contributed by atoms with van der Waals surface area (Å²) in [5.74, 6) is 1.39. The Morgan fingerprint density at radius 1 is 1.36 bits per heavy atom. The minimum Gasteiger partial charge on any atom is -0.497 e. The maximum absolute atomic E-state index is 12.8. The van der Waals surface area contributed by atoms with Gasteiger partial charge in [-0.05, 0) is 30.3 Å². The normalized spacial score (nSPS) is 20.2. The zero-order valence-electron chi connectivity index (χ0n) is 13.5. The Labute approximate surface area is 147 Å². The van der Waals surface area contributed by atoms with Gasteiger partial charge in [0.1, 0.15) is 23.1 Å². The summed E-state index contributed by atoms with van der Waals surface area (Å²) < 4.78 is 13.9. The van der Waals surface area contributed by atoms with Gasteiger partial charge in [0, 0.05) is 23.7 Å². The molecule has 0 amide bonds. The van der Waals surface area contributed by atoms with Gasteiger partial charge < -0.3 is 14.6 Å². The van der Waals surface area contributed by atoms with Crippen LogP contribution in [-0.2, 0) is 4.74 Å². The predicted molar refractivity (Wildman–Crippen MR) is 94.9 cm³/mol. The molecule has 8 heteroatoms. The zero-order valence-corrected chi connectivity index (χ0v) is 14.3. The molecule has 7 nitrogen and oxygen atoms in total. The highest BCUT2D eigenvalue weighted by Crippen LogP contribution is 2.30. The van der Waals surface area contributed by atoms with Crippen LogP contribution in [0.2, 0.25) is 0 Å². The van der Waals surface area contributed by atoms with Crippen LogP contribution in [0.5, 0.6) is 5.75 Å². The lowest BCUT2D eigenvalue weighted by Gasteiger charge is -2.13. The van der Waals surface area contributed by atoms with Gasteiger partial charge >= 0.3 is 5.69 Å². The van der Waals surface area contributed by atoms with Gasteiger partial charge in [0.15, 0.2) is 0 Å². The van der Waals surface area contributed by atoms with Gasteiger partial charge in [-0.25, -0.2) is 9.78 Å². The summed E-state index contributed by atoms with van der Waals surface area (Å²) in [5.41, 5.74) is 1.70. The van der Waals surface area contributed by atoms with E-state index in [1.807, 2.05) is 24.3 Å². The second kappa shape index (κ2) is 6.55. The summed E-state index contributed by atoms with van der Waals surface area (Å²) in [4.78, 5) is 17.3. The number of ether oxygens (including phenoxy) is 2. The molecule has 1 fully saturated rings. The van der Waals surface area contributed by atoms with Crippen LogP contribution >= 0.6 is 11.8 Å². The van der Waals surface area contributed by atoms with Gasteiger partial charge in [-0.15, -0.1) is 11.8 Å². The van der Waals surface area contributed by atoms with E-state index in [0.29, 0.717) is 17.1 Å². The Balaban J connectivity index is 1.71. The van der Waals surface area contributed by atoms with Crippen LogP contribution in [0.3, 0.4) is 0 Å². The molecule has 130 valence electrons. The number of imidazole rings is 1. The molecule has 0 saturated carbocycles. The van der Waals surface area contributed by atoms with E-state index in [4.69, 9.17) is 9.47 Å². The summed E-state index contributed by atoms with van der Waals surface area (Å²) in [6.07, 6.45) is 3.03. The average molecular weight is 359 g/mol. The van der Waals surface area contributed by atoms with E-state index in [1.165, 1.54) is 20.7 Å². The third-order valence-electron chi connectivity index (χ3n) is 4.12. The van der Waals surface area contributed by atoms with E-state index in [1.54, 1.807) is 25.6 Å². The fourth-order valence-electron chi connectivity index (χ4n) is 2.81. The monoisotopic (exact) mass is 359 g/mol. The molecule has 0 bridgehead atoms. The first-order valence-electron chi connectivity index (χ1n) is 7.82. The lowest BCUT2D eigenvalue weighted by Crippen LogP contribution is -2.30. The van der Waals surface area contributed by atoms with Crippen LogP contribution in [-0.4, -0.2) is 44.0 Å². The fourth-order valence-corrected chi connectivity index (χ4v) is 3.74. The molecule has 25 heavy (non-hydrogen) atoms. The molecule has 0 aliphatic carbocycles. The van der Waals surface area contributed by atoms with Crippen LogP contribution in [0.4, 0.5) is 0 Å². The van der Waals surface area contributed by atoms with E-state index >= 15 is 0 Å².